The highest BCUT2D eigenvalue weighted by Gasteiger charge is 2.40. The van der Waals surface area contributed by atoms with Crippen molar-refractivity contribution in [3.63, 3.8) is 0 Å². The molecule has 1 aliphatic carbocycles. The smallest absolute Gasteiger partial charge is 0.0521 e. The van der Waals surface area contributed by atoms with Crippen LogP contribution in [0, 0.1) is 5.41 Å². The first-order valence-electron chi connectivity index (χ1n) is 6.73. The highest BCUT2D eigenvalue weighted by molar-refractivity contribution is 9.10. The largest absolute Gasteiger partial charge is 0.383 e. The van der Waals surface area contributed by atoms with Crippen LogP contribution in [0.25, 0.3) is 0 Å². The van der Waals surface area contributed by atoms with Crippen LogP contribution >= 0.6 is 15.9 Å². The van der Waals surface area contributed by atoms with E-state index in [9.17, 15) is 0 Å². The lowest BCUT2D eigenvalue weighted by molar-refractivity contribution is 0.177. The molecule has 2 aliphatic rings. The summed E-state index contributed by atoms with van der Waals surface area (Å²) in [5, 5.41) is 3.59. The van der Waals surface area contributed by atoms with Gasteiger partial charge in [-0.3, -0.25) is 0 Å². The quantitative estimate of drug-likeness (QED) is 0.774. The zero-order chi connectivity index (χ0) is 11.9. The third-order valence-corrected chi connectivity index (χ3v) is 5.40. The van der Waals surface area contributed by atoms with E-state index in [2.05, 4.69) is 46.4 Å². The molecule has 0 saturated heterocycles. The van der Waals surface area contributed by atoms with E-state index in [-0.39, 0.29) is 0 Å². The van der Waals surface area contributed by atoms with Crippen molar-refractivity contribution in [1.82, 2.24) is 0 Å². The molecule has 1 unspecified atom stereocenters. The Morgan fingerprint density at radius 1 is 1.24 bits per heavy atom. The number of para-hydroxylation sites is 1. The minimum Gasteiger partial charge on any atom is -0.383 e. The number of hydrogen-bond acceptors (Lipinski definition) is 1. The summed E-state index contributed by atoms with van der Waals surface area (Å²) in [6.07, 6.45) is 7.05. The van der Waals surface area contributed by atoms with E-state index in [1.165, 1.54) is 47.8 Å². The van der Waals surface area contributed by atoms with Gasteiger partial charge in [-0.25, -0.2) is 0 Å². The molecule has 0 amide bonds. The van der Waals surface area contributed by atoms with Gasteiger partial charge in [-0.2, -0.15) is 0 Å². The molecule has 0 spiro atoms. The highest BCUT2D eigenvalue weighted by Crippen LogP contribution is 2.51. The van der Waals surface area contributed by atoms with Crippen molar-refractivity contribution in [3.8, 4) is 0 Å². The van der Waals surface area contributed by atoms with Crippen LogP contribution in [0.15, 0.2) is 22.7 Å². The molecule has 1 aromatic rings. The summed E-state index contributed by atoms with van der Waals surface area (Å²) in [5.74, 6) is 0.704. The van der Waals surface area contributed by atoms with Crippen LogP contribution in [0.1, 0.15) is 50.5 Å². The molecule has 1 nitrogen and oxygen atoms in total. The maximum absolute atomic E-state index is 3.65. The fourth-order valence-corrected chi connectivity index (χ4v) is 4.18. The Hall–Kier alpha value is -0.500. The summed E-state index contributed by atoms with van der Waals surface area (Å²) in [5.41, 5.74) is 3.38. The third kappa shape index (κ3) is 1.91. The van der Waals surface area contributed by atoms with Crippen LogP contribution in [0.4, 0.5) is 5.69 Å². The van der Waals surface area contributed by atoms with Crippen molar-refractivity contribution < 1.29 is 0 Å². The minimum absolute atomic E-state index is 0.511. The second kappa shape index (κ2) is 4.31. The Bertz CT molecular complexity index is 421. The Kier molecular flexibility index (Phi) is 2.94. The van der Waals surface area contributed by atoms with Crippen LogP contribution in [0.5, 0.6) is 0 Å². The number of halogens is 1. The molecule has 1 N–H and O–H groups in total. The van der Waals surface area contributed by atoms with E-state index in [0.29, 0.717) is 11.3 Å². The first kappa shape index (κ1) is 11.6. The summed E-state index contributed by atoms with van der Waals surface area (Å²) >= 11 is 3.65. The predicted octanol–water partition coefficient (Wildman–Crippen LogP) is 4.93. The molecule has 17 heavy (non-hydrogen) atoms. The SMILES string of the molecule is CC1(C2CNc3c(Br)cccc32)CCCCC1. The van der Waals surface area contributed by atoms with Gasteiger partial charge in [0.2, 0.25) is 0 Å². The van der Waals surface area contributed by atoms with Gasteiger partial charge >= 0.3 is 0 Å². The van der Waals surface area contributed by atoms with Gasteiger partial charge in [-0.15, -0.1) is 0 Å². The summed E-state index contributed by atoms with van der Waals surface area (Å²) in [7, 11) is 0. The molecule has 0 radical (unpaired) electrons. The molecule has 1 saturated carbocycles. The lowest BCUT2D eigenvalue weighted by atomic mass is 9.66. The molecular formula is C15H20BrN. The van der Waals surface area contributed by atoms with Crippen LogP contribution in [-0.4, -0.2) is 6.54 Å². The van der Waals surface area contributed by atoms with Gasteiger partial charge in [0.05, 0.1) is 5.69 Å². The molecule has 0 bridgehead atoms. The number of nitrogens with one attached hydrogen (secondary N) is 1. The number of rotatable bonds is 1. The normalized spacial score (nSPS) is 26.4. The average molecular weight is 294 g/mol. The van der Waals surface area contributed by atoms with Gasteiger partial charge in [0, 0.05) is 16.9 Å². The van der Waals surface area contributed by atoms with Crippen molar-refractivity contribution in [2.24, 2.45) is 5.41 Å². The molecule has 0 aromatic heterocycles. The Morgan fingerprint density at radius 2 is 2.00 bits per heavy atom. The van der Waals surface area contributed by atoms with Crippen molar-refractivity contribution in [1.29, 1.82) is 0 Å². The fourth-order valence-electron chi connectivity index (χ4n) is 3.66. The van der Waals surface area contributed by atoms with Crippen LogP contribution in [0.2, 0.25) is 0 Å². The van der Waals surface area contributed by atoms with Gasteiger partial charge in [0.25, 0.3) is 0 Å². The lowest BCUT2D eigenvalue weighted by Gasteiger charge is -2.39. The second-order valence-electron chi connectivity index (χ2n) is 5.85. The zero-order valence-electron chi connectivity index (χ0n) is 10.4. The van der Waals surface area contributed by atoms with Gasteiger partial charge < -0.3 is 5.32 Å². The van der Waals surface area contributed by atoms with E-state index in [1.807, 2.05) is 0 Å². The molecule has 2 heteroatoms. The third-order valence-electron chi connectivity index (χ3n) is 4.74. The summed E-state index contributed by atoms with van der Waals surface area (Å²) in [4.78, 5) is 0. The monoisotopic (exact) mass is 293 g/mol. The van der Waals surface area contributed by atoms with Crippen molar-refractivity contribution in [2.75, 3.05) is 11.9 Å². The first-order chi connectivity index (χ1) is 8.21. The van der Waals surface area contributed by atoms with Gasteiger partial charge in [0.15, 0.2) is 0 Å². The highest BCUT2D eigenvalue weighted by atomic mass is 79.9. The maximum Gasteiger partial charge on any atom is 0.0521 e. The summed E-state index contributed by atoms with van der Waals surface area (Å²) < 4.78 is 1.22. The van der Waals surface area contributed by atoms with E-state index in [0.717, 1.165) is 6.54 Å². The Balaban J connectivity index is 1.95. The average Bonchev–Trinajstić information content (AvgIpc) is 2.76. The zero-order valence-corrected chi connectivity index (χ0v) is 12.0. The topological polar surface area (TPSA) is 12.0 Å². The fraction of sp³-hybridized carbons (Fsp3) is 0.600. The summed E-state index contributed by atoms with van der Waals surface area (Å²) in [6, 6.07) is 6.62. The van der Waals surface area contributed by atoms with E-state index < -0.39 is 0 Å². The number of benzene rings is 1. The van der Waals surface area contributed by atoms with Crippen molar-refractivity contribution in [3.05, 3.63) is 28.2 Å². The maximum atomic E-state index is 3.65. The second-order valence-corrected chi connectivity index (χ2v) is 6.71. The molecule has 3 rings (SSSR count). The van der Waals surface area contributed by atoms with Gasteiger partial charge in [-0.05, 0) is 45.8 Å². The standard InChI is InChI=1S/C15H20BrN/c1-15(8-3-2-4-9-15)12-10-17-14-11(12)6-5-7-13(14)16/h5-7,12,17H,2-4,8-10H2,1H3. The number of fused-ring (bicyclic) bond motifs is 1. The van der Waals surface area contributed by atoms with Crippen LogP contribution in [0.3, 0.4) is 0 Å². The van der Waals surface area contributed by atoms with Crippen LogP contribution < -0.4 is 5.32 Å². The molecule has 1 fully saturated rings. The predicted molar refractivity (Wildman–Crippen MR) is 76.6 cm³/mol. The number of hydrogen-bond donors (Lipinski definition) is 1. The molecule has 92 valence electrons. The summed E-state index contributed by atoms with van der Waals surface area (Å²) in [6.45, 7) is 3.61. The number of anilines is 1. The molecule has 1 aromatic carbocycles. The first-order valence-corrected chi connectivity index (χ1v) is 7.52. The minimum atomic E-state index is 0.511. The van der Waals surface area contributed by atoms with Gasteiger partial charge in [0.1, 0.15) is 0 Å². The molecular weight excluding hydrogens is 274 g/mol. The molecule has 1 heterocycles. The van der Waals surface area contributed by atoms with Crippen molar-refractivity contribution in [2.45, 2.75) is 44.9 Å². The Labute approximate surface area is 112 Å². The molecule has 1 aliphatic heterocycles. The Morgan fingerprint density at radius 3 is 2.76 bits per heavy atom. The van der Waals surface area contributed by atoms with Crippen molar-refractivity contribution >= 4 is 21.6 Å². The lowest BCUT2D eigenvalue weighted by Crippen LogP contribution is -2.29. The van der Waals surface area contributed by atoms with E-state index in [4.69, 9.17) is 0 Å². The van der Waals surface area contributed by atoms with Crippen LogP contribution in [-0.2, 0) is 0 Å². The van der Waals surface area contributed by atoms with E-state index in [1.54, 1.807) is 0 Å². The van der Waals surface area contributed by atoms with E-state index >= 15 is 0 Å². The van der Waals surface area contributed by atoms with Gasteiger partial charge in [-0.1, -0.05) is 38.3 Å². The molecule has 1 atom stereocenters.